The quantitative estimate of drug-likeness (QED) is 0.319. The molecule has 1 atom stereocenters. The number of benzene rings is 2. The number of hydrogen-bond acceptors (Lipinski definition) is 3. The van der Waals surface area contributed by atoms with Crippen LogP contribution in [-0.4, -0.2) is 42.4 Å². The van der Waals surface area contributed by atoms with Gasteiger partial charge in [0.25, 0.3) is 5.91 Å². The molecule has 2 aromatic rings. The molecule has 0 radical (unpaired) electrons. The van der Waals surface area contributed by atoms with Crippen molar-refractivity contribution in [2.45, 2.75) is 23.0 Å². The lowest BCUT2D eigenvalue weighted by atomic mass is 9.90. The molecule has 1 aliphatic rings. The normalized spacial score (nSPS) is 18.5. The third-order valence-corrected chi connectivity index (χ3v) is 5.50. The summed E-state index contributed by atoms with van der Waals surface area (Å²) < 4.78 is 43.5. The second-order valence-corrected chi connectivity index (χ2v) is 8.68. The largest absolute Gasteiger partial charge is 0.491 e. The summed E-state index contributed by atoms with van der Waals surface area (Å²) >= 11 is 12.5. The maximum Gasteiger partial charge on any atom is 0.416 e. The molecule has 3 rings (SSSR count). The van der Waals surface area contributed by atoms with Gasteiger partial charge in [0.1, 0.15) is 11.8 Å². The fourth-order valence-corrected chi connectivity index (χ4v) is 3.95. The van der Waals surface area contributed by atoms with E-state index in [2.05, 4.69) is 0 Å². The van der Waals surface area contributed by atoms with Crippen molar-refractivity contribution in [3.8, 4) is 5.75 Å². The summed E-state index contributed by atoms with van der Waals surface area (Å²) in [6, 6.07) is 10.5. The molecule has 0 aromatic heterocycles. The zero-order chi connectivity index (χ0) is 22.1. The summed E-state index contributed by atoms with van der Waals surface area (Å²) in [7, 11) is 3.90. The highest BCUT2D eigenvalue weighted by Gasteiger charge is 2.61. The van der Waals surface area contributed by atoms with Crippen molar-refractivity contribution >= 4 is 34.8 Å². The number of halogens is 5. The van der Waals surface area contributed by atoms with Gasteiger partial charge in [0.2, 0.25) is 4.33 Å². The fourth-order valence-electron chi connectivity index (χ4n) is 3.32. The lowest BCUT2D eigenvalue weighted by Gasteiger charge is -2.49. The smallest absolute Gasteiger partial charge is 0.416 e. The minimum Gasteiger partial charge on any atom is -0.491 e. The van der Waals surface area contributed by atoms with Crippen LogP contribution >= 0.6 is 23.2 Å². The number of nitrogens with zero attached hydrogens (tertiary/aromatic N) is 2. The van der Waals surface area contributed by atoms with Crippen LogP contribution in [0, 0.1) is 0 Å². The van der Waals surface area contributed by atoms with Crippen LogP contribution in [-0.2, 0) is 11.0 Å². The van der Waals surface area contributed by atoms with Crippen LogP contribution in [0.5, 0.6) is 5.75 Å². The Morgan fingerprint density at radius 3 is 2.50 bits per heavy atom. The third kappa shape index (κ3) is 4.53. The van der Waals surface area contributed by atoms with Crippen LogP contribution in [0.15, 0.2) is 48.5 Å². The molecule has 162 valence electrons. The van der Waals surface area contributed by atoms with Crippen LogP contribution in [0.3, 0.4) is 0 Å². The number of para-hydroxylation sites is 2. The molecule has 4 nitrogen and oxygen atoms in total. The number of hydrogen-bond donors (Lipinski definition) is 0. The molecule has 1 unspecified atom stereocenters. The molecule has 1 saturated heterocycles. The van der Waals surface area contributed by atoms with Crippen molar-refractivity contribution in [1.82, 2.24) is 4.90 Å². The highest BCUT2D eigenvalue weighted by molar-refractivity contribution is 6.62. The minimum absolute atomic E-state index is 0.192. The van der Waals surface area contributed by atoms with Crippen molar-refractivity contribution < 1.29 is 22.7 Å². The summed E-state index contributed by atoms with van der Waals surface area (Å²) in [6.45, 7) is 1.24. The molecule has 30 heavy (non-hydrogen) atoms. The van der Waals surface area contributed by atoms with Crippen LogP contribution in [0.25, 0.3) is 0 Å². The molecule has 1 heterocycles. The van der Waals surface area contributed by atoms with Gasteiger partial charge in [0.15, 0.2) is 0 Å². The molecular formula is C21H21Cl2F3N2O2. The predicted molar refractivity (Wildman–Crippen MR) is 111 cm³/mol. The van der Waals surface area contributed by atoms with Crippen molar-refractivity contribution in [3.63, 3.8) is 0 Å². The SMILES string of the molecule is CN(C)CCCOc1ccccc1N1C(=O)C(Cl)(Cl)C1c1cccc(C(F)(F)F)c1. The van der Waals surface area contributed by atoms with Crippen molar-refractivity contribution in [1.29, 1.82) is 0 Å². The van der Waals surface area contributed by atoms with Crippen molar-refractivity contribution in [3.05, 3.63) is 59.7 Å². The molecule has 1 amide bonds. The van der Waals surface area contributed by atoms with E-state index in [9.17, 15) is 18.0 Å². The van der Waals surface area contributed by atoms with Gasteiger partial charge in [-0.15, -0.1) is 0 Å². The average Bonchev–Trinajstić information content (AvgIpc) is 2.68. The monoisotopic (exact) mass is 460 g/mol. The van der Waals surface area contributed by atoms with Gasteiger partial charge in [-0.3, -0.25) is 9.69 Å². The average molecular weight is 461 g/mol. The first-order chi connectivity index (χ1) is 14.0. The van der Waals surface area contributed by atoms with Gasteiger partial charge in [-0.1, -0.05) is 47.5 Å². The number of β-lactam (4-membered cyclic amide) rings is 1. The summed E-state index contributed by atoms with van der Waals surface area (Å²) in [5, 5.41) is 0. The maximum absolute atomic E-state index is 13.2. The summed E-state index contributed by atoms with van der Waals surface area (Å²) in [6.07, 6.45) is -3.76. The Kier molecular flexibility index (Phi) is 6.55. The number of ether oxygens (including phenoxy) is 1. The Morgan fingerprint density at radius 2 is 1.83 bits per heavy atom. The summed E-state index contributed by atoms with van der Waals surface area (Å²) in [5.74, 6) is -0.178. The second kappa shape index (κ2) is 8.65. The summed E-state index contributed by atoms with van der Waals surface area (Å²) in [4.78, 5) is 16.0. The number of carbonyl (C=O) groups excluding carboxylic acids is 1. The predicted octanol–water partition coefficient (Wildman–Crippen LogP) is 5.30. The maximum atomic E-state index is 13.2. The first-order valence-corrected chi connectivity index (χ1v) is 10.0. The van der Waals surface area contributed by atoms with Gasteiger partial charge >= 0.3 is 6.18 Å². The van der Waals surface area contributed by atoms with E-state index >= 15 is 0 Å². The Bertz CT molecular complexity index is 919. The van der Waals surface area contributed by atoms with E-state index in [1.165, 1.54) is 17.0 Å². The molecule has 1 fully saturated rings. The van der Waals surface area contributed by atoms with Crippen LogP contribution in [0.1, 0.15) is 23.6 Å². The van der Waals surface area contributed by atoms with Crippen molar-refractivity contribution in [2.75, 3.05) is 32.1 Å². The first-order valence-electron chi connectivity index (χ1n) is 9.28. The number of alkyl halides is 5. The van der Waals surface area contributed by atoms with Gasteiger partial charge in [-0.25, -0.2) is 0 Å². The first kappa shape index (κ1) is 22.7. The van der Waals surface area contributed by atoms with E-state index in [4.69, 9.17) is 27.9 Å². The standard InChI is InChI=1S/C21H21Cl2F3N2O2/c1-27(2)11-6-12-30-17-10-4-3-9-16(17)28-18(20(22,23)19(28)29)14-7-5-8-15(13-14)21(24,25)26/h3-5,7-10,13,18H,6,11-12H2,1-2H3. The lowest BCUT2D eigenvalue weighted by Crippen LogP contribution is -2.63. The Balaban J connectivity index is 1.91. The molecule has 0 N–H and O–H groups in total. The number of anilines is 1. The van der Waals surface area contributed by atoms with E-state index < -0.39 is 28.0 Å². The van der Waals surface area contributed by atoms with Crippen LogP contribution in [0.4, 0.5) is 18.9 Å². The summed E-state index contributed by atoms with van der Waals surface area (Å²) in [5.41, 5.74) is -0.236. The van der Waals surface area contributed by atoms with E-state index in [-0.39, 0.29) is 5.56 Å². The highest BCUT2D eigenvalue weighted by atomic mass is 35.5. The molecule has 0 aliphatic carbocycles. The lowest BCUT2D eigenvalue weighted by molar-refractivity contribution is -0.137. The Morgan fingerprint density at radius 1 is 1.13 bits per heavy atom. The highest BCUT2D eigenvalue weighted by Crippen LogP contribution is 2.54. The van der Waals surface area contributed by atoms with Gasteiger partial charge < -0.3 is 9.64 Å². The van der Waals surface area contributed by atoms with E-state index in [1.54, 1.807) is 24.3 Å². The van der Waals surface area contributed by atoms with E-state index in [0.29, 0.717) is 18.0 Å². The van der Waals surface area contributed by atoms with Crippen LogP contribution in [0.2, 0.25) is 0 Å². The number of amides is 1. The van der Waals surface area contributed by atoms with Gasteiger partial charge in [0.05, 0.1) is 17.9 Å². The number of carbonyl (C=O) groups is 1. The molecule has 0 bridgehead atoms. The van der Waals surface area contributed by atoms with E-state index in [0.717, 1.165) is 25.1 Å². The topological polar surface area (TPSA) is 32.8 Å². The molecule has 2 aromatic carbocycles. The minimum atomic E-state index is -4.52. The van der Waals surface area contributed by atoms with Gasteiger partial charge in [0, 0.05) is 6.54 Å². The molecular weight excluding hydrogens is 440 g/mol. The molecule has 0 spiro atoms. The Labute approximate surface area is 183 Å². The van der Waals surface area contributed by atoms with Crippen molar-refractivity contribution in [2.24, 2.45) is 0 Å². The fraction of sp³-hybridized carbons (Fsp3) is 0.381. The molecule has 1 aliphatic heterocycles. The zero-order valence-corrected chi connectivity index (χ0v) is 17.9. The number of rotatable bonds is 7. The van der Waals surface area contributed by atoms with E-state index in [1.807, 2.05) is 19.0 Å². The second-order valence-electron chi connectivity index (χ2n) is 7.30. The van der Waals surface area contributed by atoms with Gasteiger partial charge in [-0.05, 0) is 50.3 Å². The zero-order valence-electron chi connectivity index (χ0n) is 16.4. The van der Waals surface area contributed by atoms with Gasteiger partial charge in [-0.2, -0.15) is 13.2 Å². The van der Waals surface area contributed by atoms with Crippen LogP contribution < -0.4 is 9.64 Å². The molecule has 0 saturated carbocycles. The Hall–Kier alpha value is -1.96. The third-order valence-electron chi connectivity index (χ3n) is 4.77. The molecule has 9 heteroatoms.